The molecule has 43 heavy (non-hydrogen) atoms. The van der Waals surface area contributed by atoms with Crippen molar-refractivity contribution in [2.24, 2.45) is 5.92 Å². The van der Waals surface area contributed by atoms with Gasteiger partial charge in [0, 0.05) is 10.3 Å². The maximum Gasteiger partial charge on any atom is 1.00 e. The molecule has 2 unspecified atom stereocenters. The average molecular weight is 1440 g/mol. The summed E-state index contributed by atoms with van der Waals surface area (Å²) >= 11 is 18.6. The number of rotatable bonds is 5. The molecule has 0 aromatic rings. The van der Waals surface area contributed by atoms with E-state index in [1.807, 2.05) is 0 Å². The van der Waals surface area contributed by atoms with Crippen LogP contribution in [0.1, 0.15) is 40.5 Å². The molecule has 1 fully saturated rings. The molecule has 4 N–H and O–H groups in total. The molecule has 2 atom stereocenters. The van der Waals surface area contributed by atoms with Gasteiger partial charge in [0.25, 0.3) is 0 Å². The first-order valence-electron chi connectivity index (χ1n) is 9.73. The monoisotopic (exact) mass is 1440 g/mol. The van der Waals surface area contributed by atoms with E-state index in [0.29, 0.717) is 6.42 Å². The van der Waals surface area contributed by atoms with Crippen molar-refractivity contribution >= 4 is 202 Å². The second-order valence-corrected chi connectivity index (χ2v) is 41.7. The molecule has 248 valence electrons. The van der Waals surface area contributed by atoms with Gasteiger partial charge in [0.2, 0.25) is 5.24 Å². The fraction of sp³-hybridized carbons (Fsp3) is 0.474. The summed E-state index contributed by atoms with van der Waals surface area (Å²) in [5.74, 6) is -4.31. The molecule has 24 heteroatoms. The Labute approximate surface area is 387 Å². The molecule has 0 bridgehead atoms. The number of aliphatic hydroxyl groups excluding tert-OH is 1. The Morgan fingerprint density at radius 3 is 1.51 bits per heavy atom. The van der Waals surface area contributed by atoms with Crippen molar-refractivity contribution in [3.05, 3.63) is 11.3 Å². The molecule has 2 heterocycles. The Morgan fingerprint density at radius 2 is 1.42 bits per heavy atom. The van der Waals surface area contributed by atoms with Crippen LogP contribution in [0.4, 0.5) is 0 Å². The molecular weight excluding hydrogens is 1410 g/mol. The molecule has 0 saturated carbocycles. The zero-order valence-corrected chi connectivity index (χ0v) is 44.7. The first-order valence-corrected chi connectivity index (χ1v) is 31.2. The van der Waals surface area contributed by atoms with E-state index in [9.17, 15) is 38.4 Å². The van der Waals surface area contributed by atoms with Crippen LogP contribution in [0.15, 0.2) is 11.3 Å². The minimum absolute atomic E-state index is 0. The molecule has 2 aliphatic heterocycles. The van der Waals surface area contributed by atoms with Crippen molar-refractivity contribution in [1.29, 1.82) is 0 Å². The first-order chi connectivity index (χ1) is 18.4. The normalized spacial score (nSPS) is 13.1. The summed E-state index contributed by atoms with van der Waals surface area (Å²) in [5.41, 5.74) is -0.222. The summed E-state index contributed by atoms with van der Waals surface area (Å²) < 4.78 is 10.00. The fourth-order valence-electron chi connectivity index (χ4n) is 1.68. The molecule has 0 radical (unpaired) electrons. The van der Waals surface area contributed by atoms with Crippen molar-refractivity contribution in [2.45, 2.75) is 40.5 Å². The number of Topliss-reactive ketones (excluding diaryl/α,β-unsaturated/α-hetero) is 4. The topological polar surface area (TPSA) is 237 Å². The second-order valence-electron chi connectivity index (χ2n) is 6.07. The molecule has 13 nitrogen and oxygen atoms in total. The van der Waals surface area contributed by atoms with Crippen LogP contribution in [0.5, 0.6) is 0 Å². The van der Waals surface area contributed by atoms with Crippen LogP contribution in [-0.2, 0) is 47.8 Å². The number of ketones is 4. The predicted octanol–water partition coefficient (Wildman–Crippen LogP) is 3.60. The SMILES string of the molecule is CC(=O)C1=C(O)COC1=O.CC(=O)C1C(=O)COC1=O.CC(=O)C[C-]=O.CCC(=O)Cl.IP(I)I.IPI.O.PI.[OH-].[Rb+]. The van der Waals surface area contributed by atoms with Gasteiger partial charge >= 0.3 is 70.1 Å². The second kappa shape index (κ2) is 46.2. The van der Waals surface area contributed by atoms with Crippen molar-refractivity contribution in [3.8, 4) is 0 Å². The van der Waals surface area contributed by atoms with E-state index in [4.69, 9.17) is 16.7 Å². The Balaban J connectivity index is -0.0000000582. The van der Waals surface area contributed by atoms with Gasteiger partial charge in [-0.3, -0.25) is 30.3 Å². The molecule has 2 aliphatic rings. The van der Waals surface area contributed by atoms with Crippen LogP contribution < -0.4 is 58.2 Å². The number of hydrogen-bond acceptors (Lipinski definition) is 12. The summed E-state index contributed by atoms with van der Waals surface area (Å²) in [6, 6.07) is 0. The van der Waals surface area contributed by atoms with Crippen molar-refractivity contribution in [2.75, 3.05) is 13.2 Å². The van der Waals surface area contributed by atoms with Gasteiger partial charge in [-0.15, -0.1) is 0 Å². The first kappa shape index (κ1) is 65.5. The summed E-state index contributed by atoms with van der Waals surface area (Å²) in [4.78, 5) is 81.5. The van der Waals surface area contributed by atoms with E-state index in [-0.39, 0.29) is 112 Å². The van der Waals surface area contributed by atoms with Gasteiger partial charge in [-0.1, -0.05) is 42.3 Å². The van der Waals surface area contributed by atoms with Crippen molar-refractivity contribution in [1.82, 2.24) is 0 Å². The third-order valence-corrected chi connectivity index (χ3v) is 3.37. The standard InChI is InChI=1S/2C6H6O4.C4H5O2.C3H5ClO.I3P.HI2P.H2IP.2H2O.Rb/c2*1-3(7)5-4(8)2-10-6(5)9;1-4(6)2-3-5;1-2-3(4)5;1-4(2)3;1-3-2;1-2;;;/h8H,2H2,1H3;5H,2H2,1H3;2H2,1H3;2H2,1H3;;3H;2H2;2*1H2;/q;;-1;;;;;;;+1/p-1. The summed E-state index contributed by atoms with van der Waals surface area (Å²) in [6.45, 7) is 7.45. The van der Waals surface area contributed by atoms with Crippen LogP contribution in [0.25, 0.3) is 0 Å². The van der Waals surface area contributed by atoms with E-state index in [0.717, 1.165) is 3.87 Å². The zero-order valence-electron chi connectivity index (χ0n) is 23.1. The molecule has 0 aliphatic carbocycles. The maximum atomic E-state index is 10.7. The Kier molecular flexibility index (Phi) is 70.4. The van der Waals surface area contributed by atoms with Crippen LogP contribution >= 0.6 is 155 Å². The number of ether oxygens (including phenoxy) is 2. The molecule has 0 aromatic carbocycles. The maximum absolute atomic E-state index is 10.7. The van der Waals surface area contributed by atoms with Crippen LogP contribution in [0, 0.1) is 5.92 Å². The average Bonchev–Trinajstić information content (AvgIpc) is 3.36. The van der Waals surface area contributed by atoms with Crippen molar-refractivity contribution < 1.29 is 122 Å². The molecule has 2 rings (SSSR count). The van der Waals surface area contributed by atoms with Gasteiger partial charge < -0.3 is 35.1 Å². The van der Waals surface area contributed by atoms with E-state index in [2.05, 4.69) is 149 Å². The van der Waals surface area contributed by atoms with Crippen LogP contribution in [-0.4, -0.2) is 75.9 Å². The minimum Gasteiger partial charge on any atom is -0.870 e. The van der Waals surface area contributed by atoms with Gasteiger partial charge in [-0.05, 0) is 143 Å². The smallest absolute Gasteiger partial charge is 0.870 e. The number of carbonyl (C=O) groups is 7. The molecule has 0 spiro atoms. The minimum atomic E-state index is -1.14. The quantitative estimate of drug-likeness (QED) is 0.0791. The molecule has 0 aromatic heterocycles. The van der Waals surface area contributed by atoms with E-state index < -0.39 is 35.2 Å². The van der Waals surface area contributed by atoms with E-state index >= 15 is 0 Å². The van der Waals surface area contributed by atoms with E-state index in [1.54, 1.807) is 6.92 Å². The van der Waals surface area contributed by atoms with Gasteiger partial charge in [0.05, 0.1) is 0.849 Å². The molecular formula is C19H28ClI6O13P3Rb-. The van der Waals surface area contributed by atoms with Crippen LogP contribution in [0.2, 0.25) is 0 Å². The Bertz CT molecular complexity index is 868. The van der Waals surface area contributed by atoms with Crippen LogP contribution in [0.3, 0.4) is 0 Å². The van der Waals surface area contributed by atoms with E-state index in [1.165, 1.54) is 27.1 Å². The fourth-order valence-corrected chi connectivity index (χ4v) is 1.68. The molecule has 0 amide bonds. The summed E-state index contributed by atoms with van der Waals surface area (Å²) in [5, 5.41) is 8.57. The number of carbonyl (C=O) groups excluding carboxylic acids is 8. The Morgan fingerprint density at radius 1 is 1.05 bits per heavy atom. The third kappa shape index (κ3) is 48.3. The largest absolute Gasteiger partial charge is 1.00 e. The number of cyclic esters (lactones) is 2. The Hall–Kier alpha value is 4.19. The zero-order chi connectivity index (χ0) is 33.0. The van der Waals surface area contributed by atoms with Crippen molar-refractivity contribution in [3.63, 3.8) is 0 Å². The third-order valence-electron chi connectivity index (χ3n) is 3.10. The van der Waals surface area contributed by atoms with Gasteiger partial charge in [-0.25, -0.2) is 4.79 Å². The number of hydrogen-bond donors (Lipinski definition) is 1. The summed E-state index contributed by atoms with van der Waals surface area (Å²) in [6.07, 6.45) is 1.83. The predicted molar refractivity (Wildman–Crippen MR) is 218 cm³/mol. The summed E-state index contributed by atoms with van der Waals surface area (Å²) in [7, 11) is 0. The van der Waals surface area contributed by atoms with Gasteiger partial charge in [-0.2, -0.15) is 0 Å². The number of aliphatic hydroxyl groups is 1. The molecule has 1 saturated heterocycles. The number of halogens is 7. The van der Waals surface area contributed by atoms with Gasteiger partial charge in [0.15, 0.2) is 29.9 Å². The number of esters is 2. The van der Waals surface area contributed by atoms with Gasteiger partial charge in [0.1, 0.15) is 23.7 Å².